The highest BCUT2D eigenvalue weighted by atomic mass is 15.2. The van der Waals surface area contributed by atoms with Gasteiger partial charge in [0.25, 0.3) is 0 Å². The molecule has 1 aliphatic rings. The Morgan fingerprint density at radius 2 is 2.00 bits per heavy atom. The molecule has 102 valence electrons. The van der Waals surface area contributed by atoms with Crippen molar-refractivity contribution in [1.82, 2.24) is 10.2 Å². The average molecular weight is 240 g/mol. The van der Waals surface area contributed by atoms with Gasteiger partial charge in [-0.25, -0.2) is 0 Å². The van der Waals surface area contributed by atoms with E-state index in [0.29, 0.717) is 6.04 Å². The lowest BCUT2D eigenvalue weighted by Gasteiger charge is -2.41. The fourth-order valence-corrected chi connectivity index (χ4v) is 2.71. The van der Waals surface area contributed by atoms with Crippen LogP contribution in [0.3, 0.4) is 0 Å². The fraction of sp³-hybridized carbons (Fsp3) is 1.00. The second kappa shape index (κ2) is 6.75. The zero-order valence-electron chi connectivity index (χ0n) is 12.6. The minimum Gasteiger partial charge on any atom is -0.310 e. The summed E-state index contributed by atoms with van der Waals surface area (Å²) in [5.74, 6) is 0. The highest BCUT2D eigenvalue weighted by molar-refractivity contribution is 4.84. The molecule has 2 nitrogen and oxygen atoms in total. The molecule has 2 heteroatoms. The molecule has 0 amide bonds. The van der Waals surface area contributed by atoms with Gasteiger partial charge in [0.2, 0.25) is 0 Å². The molecule has 0 spiro atoms. The van der Waals surface area contributed by atoms with E-state index in [1.165, 1.54) is 38.6 Å². The van der Waals surface area contributed by atoms with Crippen LogP contribution in [0.1, 0.15) is 66.7 Å². The smallest absolute Gasteiger partial charge is 0.0195 e. The molecule has 2 atom stereocenters. The summed E-state index contributed by atoms with van der Waals surface area (Å²) in [6.45, 7) is 14.0. The summed E-state index contributed by atoms with van der Waals surface area (Å²) in [7, 11) is 0. The monoisotopic (exact) mass is 240 g/mol. The van der Waals surface area contributed by atoms with Gasteiger partial charge in [-0.05, 0) is 53.0 Å². The third-order valence-electron chi connectivity index (χ3n) is 4.47. The summed E-state index contributed by atoms with van der Waals surface area (Å²) >= 11 is 0. The van der Waals surface area contributed by atoms with Crippen molar-refractivity contribution in [3.05, 3.63) is 0 Å². The number of nitrogens with one attached hydrogen (secondary N) is 1. The van der Waals surface area contributed by atoms with Crippen molar-refractivity contribution in [2.45, 2.75) is 84.3 Å². The predicted molar refractivity (Wildman–Crippen MR) is 76.5 cm³/mol. The van der Waals surface area contributed by atoms with E-state index in [-0.39, 0.29) is 5.54 Å². The quantitative estimate of drug-likeness (QED) is 0.765. The first kappa shape index (κ1) is 15.0. The molecule has 1 N–H and O–H groups in total. The van der Waals surface area contributed by atoms with Crippen LogP contribution in [0.2, 0.25) is 0 Å². The summed E-state index contributed by atoms with van der Waals surface area (Å²) in [4.78, 5) is 2.72. The Kier molecular flexibility index (Phi) is 5.94. The van der Waals surface area contributed by atoms with Crippen molar-refractivity contribution in [3.8, 4) is 0 Å². The van der Waals surface area contributed by atoms with Crippen LogP contribution in [0, 0.1) is 0 Å². The molecule has 0 saturated carbocycles. The van der Waals surface area contributed by atoms with Crippen molar-refractivity contribution in [2.75, 3.05) is 13.1 Å². The molecule has 1 aliphatic heterocycles. The predicted octanol–water partition coefficient (Wildman–Crippen LogP) is 3.42. The van der Waals surface area contributed by atoms with E-state index in [1.807, 2.05) is 0 Å². The number of likely N-dealkylation sites (tertiary alicyclic amines) is 1. The topological polar surface area (TPSA) is 15.3 Å². The number of rotatable bonds is 6. The maximum Gasteiger partial charge on any atom is 0.0195 e. The molecule has 1 heterocycles. The van der Waals surface area contributed by atoms with Gasteiger partial charge >= 0.3 is 0 Å². The van der Waals surface area contributed by atoms with Gasteiger partial charge in [0.15, 0.2) is 0 Å². The average Bonchev–Trinajstić information content (AvgIpc) is 2.36. The third-order valence-corrected chi connectivity index (χ3v) is 4.47. The molecule has 17 heavy (non-hydrogen) atoms. The molecule has 0 bridgehead atoms. The fourth-order valence-electron chi connectivity index (χ4n) is 2.71. The molecule has 0 aromatic rings. The molecule has 0 aromatic heterocycles. The van der Waals surface area contributed by atoms with Gasteiger partial charge in [0.1, 0.15) is 0 Å². The lowest BCUT2D eigenvalue weighted by atomic mass is 9.97. The van der Waals surface area contributed by atoms with Crippen LogP contribution in [-0.2, 0) is 0 Å². The van der Waals surface area contributed by atoms with Gasteiger partial charge in [-0.2, -0.15) is 0 Å². The lowest BCUT2D eigenvalue weighted by Crippen LogP contribution is -2.51. The van der Waals surface area contributed by atoms with E-state index in [0.717, 1.165) is 12.6 Å². The largest absolute Gasteiger partial charge is 0.310 e. The first-order valence-corrected chi connectivity index (χ1v) is 7.51. The van der Waals surface area contributed by atoms with Crippen LogP contribution >= 0.6 is 0 Å². The summed E-state index contributed by atoms with van der Waals surface area (Å²) < 4.78 is 0. The molecule has 1 saturated heterocycles. The summed E-state index contributed by atoms with van der Waals surface area (Å²) in [6, 6.07) is 1.50. The number of hydrogen-bond donors (Lipinski definition) is 1. The van der Waals surface area contributed by atoms with Crippen molar-refractivity contribution >= 4 is 0 Å². The van der Waals surface area contributed by atoms with Crippen LogP contribution < -0.4 is 5.32 Å². The summed E-state index contributed by atoms with van der Waals surface area (Å²) in [5.41, 5.74) is 0.283. The molecular weight excluding hydrogens is 208 g/mol. The van der Waals surface area contributed by atoms with Gasteiger partial charge in [0.05, 0.1) is 0 Å². The Labute approximate surface area is 108 Å². The van der Waals surface area contributed by atoms with Crippen LogP contribution in [0.15, 0.2) is 0 Å². The van der Waals surface area contributed by atoms with Crippen molar-refractivity contribution in [1.29, 1.82) is 0 Å². The van der Waals surface area contributed by atoms with Gasteiger partial charge in [-0.1, -0.05) is 20.3 Å². The zero-order valence-corrected chi connectivity index (χ0v) is 12.6. The molecule has 1 rings (SSSR count). The molecule has 0 aromatic carbocycles. The Balaban J connectivity index is 2.42. The zero-order chi connectivity index (χ0) is 12.9. The van der Waals surface area contributed by atoms with E-state index in [9.17, 15) is 0 Å². The van der Waals surface area contributed by atoms with Gasteiger partial charge in [-0.3, -0.25) is 4.90 Å². The number of nitrogens with zero attached hydrogens (tertiary/aromatic N) is 1. The summed E-state index contributed by atoms with van der Waals surface area (Å²) in [6.07, 6.45) is 6.71. The first-order chi connectivity index (χ1) is 8.00. The van der Waals surface area contributed by atoms with E-state index in [2.05, 4.69) is 44.8 Å². The maximum atomic E-state index is 3.71. The second-order valence-corrected chi connectivity index (χ2v) is 6.26. The number of hydrogen-bond acceptors (Lipinski definition) is 2. The van der Waals surface area contributed by atoms with Crippen LogP contribution in [-0.4, -0.2) is 35.6 Å². The molecular formula is C15H32N2. The SMILES string of the molecule is CCC1CCCCN1C(C)CNC(C)(C)CC. The molecule has 1 fully saturated rings. The van der Waals surface area contributed by atoms with E-state index in [4.69, 9.17) is 0 Å². The van der Waals surface area contributed by atoms with Crippen molar-refractivity contribution in [2.24, 2.45) is 0 Å². The van der Waals surface area contributed by atoms with Gasteiger partial charge < -0.3 is 5.32 Å². The van der Waals surface area contributed by atoms with Crippen LogP contribution in [0.5, 0.6) is 0 Å². The molecule has 0 radical (unpaired) electrons. The standard InChI is InChI=1S/C15H32N2/c1-6-14-10-8-9-11-17(14)13(3)12-16-15(4,5)7-2/h13-14,16H,6-12H2,1-5H3. The second-order valence-electron chi connectivity index (χ2n) is 6.26. The van der Waals surface area contributed by atoms with Gasteiger partial charge in [0, 0.05) is 24.2 Å². The van der Waals surface area contributed by atoms with Crippen LogP contribution in [0.25, 0.3) is 0 Å². The normalized spacial score (nSPS) is 24.9. The molecule has 2 unspecified atom stereocenters. The summed E-state index contributed by atoms with van der Waals surface area (Å²) in [5, 5.41) is 3.71. The Morgan fingerprint density at radius 1 is 1.29 bits per heavy atom. The lowest BCUT2D eigenvalue weighted by molar-refractivity contribution is 0.0947. The Morgan fingerprint density at radius 3 is 2.59 bits per heavy atom. The first-order valence-electron chi connectivity index (χ1n) is 7.51. The maximum absolute atomic E-state index is 3.71. The highest BCUT2D eigenvalue weighted by Crippen LogP contribution is 2.21. The van der Waals surface area contributed by atoms with Gasteiger partial charge in [-0.15, -0.1) is 0 Å². The molecule has 0 aliphatic carbocycles. The minimum atomic E-state index is 0.283. The van der Waals surface area contributed by atoms with E-state index < -0.39 is 0 Å². The van der Waals surface area contributed by atoms with E-state index in [1.54, 1.807) is 0 Å². The Bertz CT molecular complexity index is 213. The van der Waals surface area contributed by atoms with Crippen LogP contribution in [0.4, 0.5) is 0 Å². The van der Waals surface area contributed by atoms with E-state index >= 15 is 0 Å². The Hall–Kier alpha value is -0.0800. The van der Waals surface area contributed by atoms with Crippen molar-refractivity contribution in [3.63, 3.8) is 0 Å². The van der Waals surface area contributed by atoms with Crippen molar-refractivity contribution < 1.29 is 0 Å². The third kappa shape index (κ3) is 4.59. The minimum absolute atomic E-state index is 0.283. The number of piperidine rings is 1. The highest BCUT2D eigenvalue weighted by Gasteiger charge is 2.26.